The molecule has 0 aliphatic carbocycles. The second-order valence-electron chi connectivity index (χ2n) is 3.97. The largest absolute Gasteiger partial charge is 0.463 e. The van der Waals surface area contributed by atoms with Crippen molar-refractivity contribution in [2.45, 2.75) is 13.2 Å². The summed E-state index contributed by atoms with van der Waals surface area (Å²) in [5.41, 5.74) is 1.71. The first-order valence-corrected chi connectivity index (χ1v) is 5.83. The first kappa shape index (κ1) is 13.2. The number of benzene rings is 1. The van der Waals surface area contributed by atoms with Gasteiger partial charge in [0.05, 0.1) is 20.3 Å². The van der Waals surface area contributed by atoms with Crippen LogP contribution in [0.15, 0.2) is 40.8 Å². The van der Waals surface area contributed by atoms with Crippen molar-refractivity contribution in [1.82, 2.24) is 0 Å². The fourth-order valence-electron chi connectivity index (χ4n) is 1.65. The lowest BCUT2D eigenvalue weighted by molar-refractivity contribution is 0.0563. The Labute approximate surface area is 110 Å². The number of aliphatic hydroxyl groups excluding tert-OH is 1. The number of esters is 1. The van der Waals surface area contributed by atoms with Crippen LogP contribution in [0.4, 0.5) is 5.69 Å². The van der Waals surface area contributed by atoms with Crippen molar-refractivity contribution in [3.8, 4) is 0 Å². The molecule has 2 aromatic rings. The van der Waals surface area contributed by atoms with E-state index in [0.29, 0.717) is 12.3 Å². The molecule has 1 aromatic heterocycles. The minimum Gasteiger partial charge on any atom is -0.463 e. The van der Waals surface area contributed by atoms with Crippen molar-refractivity contribution in [1.29, 1.82) is 0 Å². The van der Waals surface area contributed by atoms with Crippen molar-refractivity contribution in [3.63, 3.8) is 0 Å². The van der Waals surface area contributed by atoms with Gasteiger partial charge in [-0.15, -0.1) is 0 Å². The summed E-state index contributed by atoms with van der Waals surface area (Å²) in [5.74, 6) is 0.326. The van der Waals surface area contributed by atoms with Crippen LogP contribution in [0.2, 0.25) is 0 Å². The van der Waals surface area contributed by atoms with E-state index < -0.39 is 5.97 Å². The highest BCUT2D eigenvalue weighted by atomic mass is 16.5. The maximum atomic E-state index is 11.2. The van der Waals surface area contributed by atoms with Gasteiger partial charge in [0.1, 0.15) is 5.76 Å². The number of ether oxygens (including phenoxy) is 1. The van der Waals surface area contributed by atoms with E-state index >= 15 is 0 Å². The molecule has 0 aliphatic heterocycles. The van der Waals surface area contributed by atoms with Crippen LogP contribution in [0.1, 0.15) is 21.9 Å². The Kier molecular flexibility index (Phi) is 4.20. The topological polar surface area (TPSA) is 71.7 Å². The molecule has 0 aliphatic rings. The van der Waals surface area contributed by atoms with E-state index in [-0.39, 0.29) is 12.4 Å². The summed E-state index contributed by atoms with van der Waals surface area (Å²) in [6.07, 6.45) is 0. The summed E-state index contributed by atoms with van der Waals surface area (Å²) in [4.78, 5) is 11.2. The molecule has 5 heteroatoms. The van der Waals surface area contributed by atoms with Crippen LogP contribution in [0, 0.1) is 0 Å². The second kappa shape index (κ2) is 6.06. The summed E-state index contributed by atoms with van der Waals surface area (Å²) in [5, 5.41) is 12.2. The second-order valence-corrected chi connectivity index (χ2v) is 3.97. The Bertz CT molecular complexity index is 562. The fraction of sp³-hybridized carbons (Fsp3) is 0.214. The third kappa shape index (κ3) is 3.35. The molecule has 100 valence electrons. The highest BCUT2D eigenvalue weighted by Gasteiger charge is 2.10. The van der Waals surface area contributed by atoms with Gasteiger partial charge in [0.25, 0.3) is 0 Å². The lowest BCUT2D eigenvalue weighted by Crippen LogP contribution is -2.00. The molecule has 0 fully saturated rings. The Hall–Kier alpha value is -2.27. The number of hydrogen-bond donors (Lipinski definition) is 2. The molecule has 5 nitrogen and oxygen atoms in total. The quantitative estimate of drug-likeness (QED) is 0.807. The molecule has 0 unspecified atom stereocenters. The lowest BCUT2D eigenvalue weighted by atomic mass is 10.2. The standard InChI is InChI=1S/C14H15NO4/c1-18-14(17)13-6-5-12(19-13)8-15-11-4-2-3-10(7-11)9-16/h2-7,15-16H,8-9H2,1H3. The number of rotatable bonds is 5. The Balaban J connectivity index is 1.98. The van der Waals surface area contributed by atoms with E-state index in [0.717, 1.165) is 11.3 Å². The van der Waals surface area contributed by atoms with E-state index in [9.17, 15) is 4.79 Å². The first-order valence-electron chi connectivity index (χ1n) is 5.83. The van der Waals surface area contributed by atoms with Gasteiger partial charge in [-0.25, -0.2) is 4.79 Å². The van der Waals surface area contributed by atoms with Crippen LogP contribution in [0.3, 0.4) is 0 Å². The average molecular weight is 261 g/mol. The number of hydrogen-bond acceptors (Lipinski definition) is 5. The van der Waals surface area contributed by atoms with Crippen LogP contribution >= 0.6 is 0 Å². The van der Waals surface area contributed by atoms with Gasteiger partial charge < -0.3 is 19.6 Å². The van der Waals surface area contributed by atoms with Crippen molar-refractivity contribution in [2.24, 2.45) is 0 Å². The van der Waals surface area contributed by atoms with Crippen molar-refractivity contribution in [2.75, 3.05) is 12.4 Å². The van der Waals surface area contributed by atoms with Crippen LogP contribution in [0.25, 0.3) is 0 Å². The molecule has 0 saturated heterocycles. The summed E-state index contributed by atoms with van der Waals surface area (Å²) in [7, 11) is 1.31. The Morgan fingerprint density at radius 2 is 2.21 bits per heavy atom. The van der Waals surface area contributed by atoms with E-state index in [4.69, 9.17) is 9.52 Å². The van der Waals surface area contributed by atoms with Crippen LogP contribution in [-0.4, -0.2) is 18.2 Å². The summed E-state index contributed by atoms with van der Waals surface area (Å²) < 4.78 is 9.89. The zero-order valence-electron chi connectivity index (χ0n) is 10.6. The molecule has 0 spiro atoms. The molecule has 0 saturated carbocycles. The molecule has 0 amide bonds. The number of nitrogens with one attached hydrogen (secondary N) is 1. The number of carbonyl (C=O) groups is 1. The third-order valence-electron chi connectivity index (χ3n) is 2.62. The SMILES string of the molecule is COC(=O)c1ccc(CNc2cccc(CO)c2)o1. The highest BCUT2D eigenvalue weighted by Crippen LogP contribution is 2.14. The minimum atomic E-state index is -0.492. The summed E-state index contributed by atoms with van der Waals surface area (Å²) in [6.45, 7) is 0.453. The molecule has 2 rings (SSSR count). The monoisotopic (exact) mass is 261 g/mol. The van der Waals surface area contributed by atoms with Gasteiger partial charge in [-0.05, 0) is 29.8 Å². The van der Waals surface area contributed by atoms with Gasteiger partial charge in [0.2, 0.25) is 5.76 Å². The Morgan fingerprint density at radius 1 is 1.37 bits per heavy atom. The molecular formula is C14H15NO4. The van der Waals surface area contributed by atoms with Gasteiger partial charge in [0.15, 0.2) is 0 Å². The van der Waals surface area contributed by atoms with E-state index in [1.54, 1.807) is 12.1 Å². The maximum absolute atomic E-state index is 11.2. The number of methoxy groups -OCH3 is 1. The lowest BCUT2D eigenvalue weighted by Gasteiger charge is -2.05. The molecule has 0 radical (unpaired) electrons. The third-order valence-corrected chi connectivity index (χ3v) is 2.62. The number of aliphatic hydroxyl groups is 1. The normalized spacial score (nSPS) is 10.2. The summed E-state index contributed by atoms with van der Waals surface area (Å²) >= 11 is 0. The van der Waals surface area contributed by atoms with Crippen LogP contribution in [0.5, 0.6) is 0 Å². The molecule has 2 N–H and O–H groups in total. The van der Waals surface area contributed by atoms with Crippen molar-refractivity contribution >= 4 is 11.7 Å². The number of carbonyl (C=O) groups excluding carboxylic acids is 1. The number of anilines is 1. The summed E-state index contributed by atoms with van der Waals surface area (Å²) in [6, 6.07) is 10.7. The predicted octanol–water partition coefficient (Wildman–Crippen LogP) is 2.17. The van der Waals surface area contributed by atoms with Gasteiger partial charge in [-0.3, -0.25) is 0 Å². The molecule has 1 heterocycles. The highest BCUT2D eigenvalue weighted by molar-refractivity contribution is 5.86. The van der Waals surface area contributed by atoms with Gasteiger partial charge in [-0.2, -0.15) is 0 Å². The van der Waals surface area contributed by atoms with Crippen molar-refractivity contribution < 1.29 is 19.1 Å². The first-order chi connectivity index (χ1) is 9.22. The maximum Gasteiger partial charge on any atom is 0.373 e. The average Bonchev–Trinajstić information content (AvgIpc) is 2.93. The van der Waals surface area contributed by atoms with Crippen LogP contribution in [-0.2, 0) is 17.9 Å². The zero-order valence-corrected chi connectivity index (χ0v) is 10.6. The fourth-order valence-corrected chi connectivity index (χ4v) is 1.65. The van der Waals surface area contributed by atoms with Crippen LogP contribution < -0.4 is 5.32 Å². The molecule has 19 heavy (non-hydrogen) atoms. The van der Waals surface area contributed by atoms with E-state index in [1.807, 2.05) is 24.3 Å². The van der Waals surface area contributed by atoms with E-state index in [1.165, 1.54) is 7.11 Å². The van der Waals surface area contributed by atoms with Gasteiger partial charge in [0, 0.05) is 5.69 Å². The minimum absolute atomic E-state index is 0.00274. The Morgan fingerprint density at radius 3 is 2.95 bits per heavy atom. The molecule has 1 aromatic carbocycles. The molecule has 0 atom stereocenters. The van der Waals surface area contributed by atoms with Gasteiger partial charge >= 0.3 is 5.97 Å². The molecular weight excluding hydrogens is 246 g/mol. The molecule has 0 bridgehead atoms. The van der Waals surface area contributed by atoms with Crippen molar-refractivity contribution in [3.05, 3.63) is 53.5 Å². The van der Waals surface area contributed by atoms with Gasteiger partial charge in [-0.1, -0.05) is 12.1 Å². The predicted molar refractivity (Wildman–Crippen MR) is 69.7 cm³/mol. The number of furan rings is 1. The zero-order chi connectivity index (χ0) is 13.7. The smallest absolute Gasteiger partial charge is 0.373 e. The van der Waals surface area contributed by atoms with E-state index in [2.05, 4.69) is 10.1 Å².